The molecule has 0 saturated heterocycles. The Balaban J connectivity index is 1.38. The predicted octanol–water partition coefficient (Wildman–Crippen LogP) is 11.7. The maximum absolute atomic E-state index is 6.38. The molecule has 9 aromatic rings. The second-order valence-electron chi connectivity index (χ2n) is 11.4. The van der Waals surface area contributed by atoms with Gasteiger partial charge in [-0.2, -0.15) is 0 Å². The lowest BCUT2D eigenvalue weighted by Crippen LogP contribution is -1.96. The summed E-state index contributed by atoms with van der Waals surface area (Å²) in [7, 11) is 0. The Labute approximate surface area is 255 Å². The van der Waals surface area contributed by atoms with E-state index in [1.807, 2.05) is 6.07 Å². The Hall–Kier alpha value is -5.86. The molecule has 2 heterocycles. The summed E-state index contributed by atoms with van der Waals surface area (Å²) < 4.78 is 8.81. The molecule has 0 aliphatic carbocycles. The Morgan fingerprint density at radius 2 is 0.932 bits per heavy atom. The highest BCUT2D eigenvalue weighted by atomic mass is 16.3. The molecule has 2 aromatic heterocycles. The zero-order valence-corrected chi connectivity index (χ0v) is 23.9. The monoisotopic (exact) mass is 561 g/mol. The SMILES string of the molecule is c1ccc(-c2cccc(-c3cc(-c4ccccc4)cc(-n4c5ccccc5c5ccc6oc7ccccc7c6c54)c3)c2)cc1. The van der Waals surface area contributed by atoms with E-state index in [4.69, 9.17) is 4.42 Å². The van der Waals surface area contributed by atoms with Gasteiger partial charge in [-0.3, -0.25) is 0 Å². The number of rotatable bonds is 4. The van der Waals surface area contributed by atoms with E-state index in [9.17, 15) is 0 Å². The lowest BCUT2D eigenvalue weighted by molar-refractivity contribution is 0.669. The van der Waals surface area contributed by atoms with Crippen molar-refractivity contribution >= 4 is 43.7 Å². The smallest absolute Gasteiger partial charge is 0.137 e. The second-order valence-corrected chi connectivity index (χ2v) is 11.4. The molecule has 0 aliphatic rings. The first-order valence-corrected chi connectivity index (χ1v) is 15.0. The average molecular weight is 562 g/mol. The fraction of sp³-hybridized carbons (Fsp3) is 0. The molecule has 0 atom stereocenters. The minimum absolute atomic E-state index is 0.901. The Morgan fingerprint density at radius 3 is 1.70 bits per heavy atom. The van der Waals surface area contributed by atoms with Crippen molar-refractivity contribution in [1.82, 2.24) is 4.57 Å². The van der Waals surface area contributed by atoms with Gasteiger partial charge in [0.25, 0.3) is 0 Å². The van der Waals surface area contributed by atoms with Gasteiger partial charge in [-0.15, -0.1) is 0 Å². The largest absolute Gasteiger partial charge is 0.456 e. The van der Waals surface area contributed by atoms with Crippen LogP contribution in [0.15, 0.2) is 168 Å². The number of hydrogen-bond donors (Lipinski definition) is 0. The zero-order valence-electron chi connectivity index (χ0n) is 23.9. The average Bonchev–Trinajstić information content (AvgIpc) is 3.65. The van der Waals surface area contributed by atoms with E-state index in [2.05, 4.69) is 162 Å². The fourth-order valence-electron chi connectivity index (χ4n) is 6.75. The molecule has 0 radical (unpaired) electrons. The third kappa shape index (κ3) is 3.89. The predicted molar refractivity (Wildman–Crippen MR) is 184 cm³/mol. The molecule has 0 saturated carbocycles. The Kier molecular flexibility index (Phi) is 5.54. The summed E-state index contributed by atoms with van der Waals surface area (Å²) in [5.74, 6) is 0. The molecule has 2 nitrogen and oxygen atoms in total. The number of nitrogens with zero attached hydrogens (tertiary/aromatic N) is 1. The van der Waals surface area contributed by atoms with Gasteiger partial charge in [0, 0.05) is 21.8 Å². The van der Waals surface area contributed by atoms with Gasteiger partial charge >= 0.3 is 0 Å². The molecule has 0 bridgehead atoms. The number of benzene rings is 7. The molecule has 0 unspecified atom stereocenters. The summed E-state index contributed by atoms with van der Waals surface area (Å²) >= 11 is 0. The molecule has 2 heteroatoms. The Bertz CT molecular complexity index is 2480. The number of fused-ring (bicyclic) bond motifs is 7. The van der Waals surface area contributed by atoms with E-state index >= 15 is 0 Å². The molecule has 206 valence electrons. The summed E-state index contributed by atoms with van der Waals surface area (Å²) in [6.45, 7) is 0. The highest BCUT2D eigenvalue weighted by Crippen LogP contribution is 2.42. The lowest BCUT2D eigenvalue weighted by atomic mass is 9.95. The molecule has 7 aromatic carbocycles. The van der Waals surface area contributed by atoms with E-state index < -0.39 is 0 Å². The van der Waals surface area contributed by atoms with E-state index in [1.165, 1.54) is 55.2 Å². The summed E-state index contributed by atoms with van der Waals surface area (Å²) in [6, 6.07) is 58.5. The summed E-state index contributed by atoms with van der Waals surface area (Å²) in [5, 5.41) is 4.73. The molecule has 0 N–H and O–H groups in total. The summed E-state index contributed by atoms with van der Waals surface area (Å²) in [5.41, 5.74) is 12.4. The van der Waals surface area contributed by atoms with Gasteiger partial charge in [0.15, 0.2) is 0 Å². The fourth-order valence-corrected chi connectivity index (χ4v) is 6.75. The third-order valence-corrected chi connectivity index (χ3v) is 8.76. The van der Waals surface area contributed by atoms with Crippen molar-refractivity contribution < 1.29 is 4.42 Å². The van der Waals surface area contributed by atoms with E-state index in [0.29, 0.717) is 0 Å². The van der Waals surface area contributed by atoms with E-state index in [-0.39, 0.29) is 0 Å². The van der Waals surface area contributed by atoms with Crippen LogP contribution in [0, 0.1) is 0 Å². The standard InChI is InChI=1S/C42H27NO/c1-3-12-28(13-4-1)30-16-11-17-31(24-30)33-25-32(29-14-5-2-6-15-29)26-34(27-33)43-38-20-9-7-18-35(38)36-22-23-40-41(42(36)43)37-19-8-10-21-39(37)44-40/h1-27H. The van der Waals surface area contributed by atoms with Crippen molar-refractivity contribution in [3.63, 3.8) is 0 Å². The van der Waals surface area contributed by atoms with Crippen molar-refractivity contribution in [1.29, 1.82) is 0 Å². The van der Waals surface area contributed by atoms with Crippen LogP contribution in [0.3, 0.4) is 0 Å². The van der Waals surface area contributed by atoms with Crippen molar-refractivity contribution in [2.45, 2.75) is 0 Å². The van der Waals surface area contributed by atoms with Crippen LogP contribution < -0.4 is 0 Å². The van der Waals surface area contributed by atoms with Gasteiger partial charge in [0.2, 0.25) is 0 Å². The third-order valence-electron chi connectivity index (χ3n) is 8.76. The van der Waals surface area contributed by atoms with Crippen LogP contribution in [0.25, 0.3) is 82.8 Å². The van der Waals surface area contributed by atoms with Gasteiger partial charge in [0.05, 0.1) is 16.4 Å². The number of aromatic nitrogens is 1. The molecular formula is C42H27NO. The molecule has 9 rings (SSSR count). The van der Waals surface area contributed by atoms with Gasteiger partial charge in [-0.1, -0.05) is 115 Å². The van der Waals surface area contributed by atoms with Crippen LogP contribution in [-0.4, -0.2) is 4.57 Å². The highest BCUT2D eigenvalue weighted by molar-refractivity contribution is 6.24. The van der Waals surface area contributed by atoms with Gasteiger partial charge in [-0.05, 0) is 81.9 Å². The summed E-state index contributed by atoms with van der Waals surface area (Å²) in [4.78, 5) is 0. The van der Waals surface area contributed by atoms with Crippen LogP contribution >= 0.6 is 0 Å². The Morgan fingerprint density at radius 1 is 0.364 bits per heavy atom. The van der Waals surface area contributed by atoms with E-state index in [1.54, 1.807) is 0 Å². The van der Waals surface area contributed by atoms with Crippen LogP contribution in [0.1, 0.15) is 0 Å². The van der Waals surface area contributed by atoms with Gasteiger partial charge in [0.1, 0.15) is 11.2 Å². The summed E-state index contributed by atoms with van der Waals surface area (Å²) in [6.07, 6.45) is 0. The molecular weight excluding hydrogens is 534 g/mol. The molecule has 0 fully saturated rings. The maximum Gasteiger partial charge on any atom is 0.137 e. The van der Waals surface area contributed by atoms with Crippen molar-refractivity contribution in [3.05, 3.63) is 164 Å². The van der Waals surface area contributed by atoms with Crippen LogP contribution in [0.5, 0.6) is 0 Å². The van der Waals surface area contributed by atoms with Crippen LogP contribution in [0.4, 0.5) is 0 Å². The van der Waals surface area contributed by atoms with Gasteiger partial charge in [-0.25, -0.2) is 0 Å². The topological polar surface area (TPSA) is 18.1 Å². The van der Waals surface area contributed by atoms with Crippen molar-refractivity contribution in [2.75, 3.05) is 0 Å². The zero-order chi connectivity index (χ0) is 29.0. The van der Waals surface area contributed by atoms with Crippen LogP contribution in [-0.2, 0) is 0 Å². The minimum atomic E-state index is 0.901. The van der Waals surface area contributed by atoms with Crippen molar-refractivity contribution in [3.8, 4) is 39.1 Å². The maximum atomic E-state index is 6.38. The lowest BCUT2D eigenvalue weighted by Gasteiger charge is -2.15. The quantitative estimate of drug-likeness (QED) is 0.209. The molecule has 44 heavy (non-hydrogen) atoms. The highest BCUT2D eigenvalue weighted by Gasteiger charge is 2.20. The molecule has 0 amide bonds. The normalized spacial score (nSPS) is 11.6. The first kappa shape index (κ1) is 24.7. The van der Waals surface area contributed by atoms with E-state index in [0.717, 1.165) is 27.6 Å². The molecule has 0 aliphatic heterocycles. The first-order chi connectivity index (χ1) is 21.8. The molecule has 0 spiro atoms. The number of para-hydroxylation sites is 2. The van der Waals surface area contributed by atoms with Gasteiger partial charge < -0.3 is 8.98 Å². The number of hydrogen-bond acceptors (Lipinski definition) is 1. The van der Waals surface area contributed by atoms with Crippen molar-refractivity contribution in [2.24, 2.45) is 0 Å². The van der Waals surface area contributed by atoms with Crippen LogP contribution in [0.2, 0.25) is 0 Å². The second kappa shape index (κ2) is 9.86. The minimum Gasteiger partial charge on any atom is -0.456 e. The number of furan rings is 1. The first-order valence-electron chi connectivity index (χ1n) is 15.0.